The summed E-state index contributed by atoms with van der Waals surface area (Å²) in [5, 5.41) is 3.11. The SMILES string of the molecule is CNCCCCOc1ccc(OC)cc1.Cl. The highest BCUT2D eigenvalue weighted by atomic mass is 35.5. The Morgan fingerprint density at radius 1 is 1.06 bits per heavy atom. The average Bonchev–Trinajstić information content (AvgIpc) is 2.30. The molecule has 0 heterocycles. The Bertz CT molecular complexity index is 264. The minimum Gasteiger partial charge on any atom is -0.497 e. The molecular formula is C12H20ClNO2. The molecule has 0 saturated heterocycles. The second-order valence-corrected chi connectivity index (χ2v) is 3.33. The summed E-state index contributed by atoms with van der Waals surface area (Å²) in [6.45, 7) is 1.82. The molecule has 0 aromatic heterocycles. The van der Waals surface area contributed by atoms with Crippen molar-refractivity contribution in [2.75, 3.05) is 27.3 Å². The molecule has 0 unspecified atom stereocenters. The minimum absolute atomic E-state index is 0. The molecule has 0 aliphatic carbocycles. The molecule has 1 aromatic carbocycles. The van der Waals surface area contributed by atoms with E-state index in [2.05, 4.69) is 5.32 Å². The fourth-order valence-electron chi connectivity index (χ4n) is 1.27. The monoisotopic (exact) mass is 245 g/mol. The second kappa shape index (κ2) is 9.31. The predicted octanol–water partition coefficient (Wildman–Crippen LogP) is 2.50. The summed E-state index contributed by atoms with van der Waals surface area (Å²) in [7, 11) is 3.62. The van der Waals surface area contributed by atoms with E-state index in [0.29, 0.717) is 0 Å². The van der Waals surface area contributed by atoms with E-state index in [9.17, 15) is 0 Å². The lowest BCUT2D eigenvalue weighted by Gasteiger charge is -2.06. The maximum atomic E-state index is 5.57. The highest BCUT2D eigenvalue weighted by Crippen LogP contribution is 2.17. The van der Waals surface area contributed by atoms with Gasteiger partial charge in [0.1, 0.15) is 11.5 Å². The lowest BCUT2D eigenvalue weighted by Crippen LogP contribution is -2.09. The molecule has 0 atom stereocenters. The van der Waals surface area contributed by atoms with Gasteiger partial charge >= 0.3 is 0 Å². The molecule has 0 fully saturated rings. The van der Waals surface area contributed by atoms with Gasteiger partial charge in [-0.15, -0.1) is 12.4 Å². The predicted molar refractivity (Wildman–Crippen MR) is 68.9 cm³/mol. The molecule has 1 N–H and O–H groups in total. The lowest BCUT2D eigenvalue weighted by molar-refractivity contribution is 0.306. The molecule has 4 heteroatoms. The van der Waals surface area contributed by atoms with E-state index < -0.39 is 0 Å². The van der Waals surface area contributed by atoms with Gasteiger partial charge < -0.3 is 14.8 Å². The molecule has 16 heavy (non-hydrogen) atoms. The van der Waals surface area contributed by atoms with Gasteiger partial charge in [-0.05, 0) is 50.7 Å². The van der Waals surface area contributed by atoms with Gasteiger partial charge in [0.25, 0.3) is 0 Å². The zero-order chi connectivity index (χ0) is 10.9. The van der Waals surface area contributed by atoms with Gasteiger partial charge in [-0.25, -0.2) is 0 Å². The van der Waals surface area contributed by atoms with Crippen molar-refractivity contribution in [3.05, 3.63) is 24.3 Å². The summed E-state index contributed by atoms with van der Waals surface area (Å²) in [5.41, 5.74) is 0. The Labute approximate surface area is 104 Å². The van der Waals surface area contributed by atoms with Crippen LogP contribution in [0.5, 0.6) is 11.5 Å². The van der Waals surface area contributed by atoms with Gasteiger partial charge in [0.15, 0.2) is 0 Å². The van der Waals surface area contributed by atoms with Crippen LogP contribution in [0.1, 0.15) is 12.8 Å². The number of nitrogens with one attached hydrogen (secondary N) is 1. The standard InChI is InChI=1S/C12H19NO2.ClH/c1-13-9-3-4-10-15-12-7-5-11(14-2)6-8-12;/h5-8,13H,3-4,9-10H2,1-2H3;1H. The first-order chi connectivity index (χ1) is 7.36. The lowest BCUT2D eigenvalue weighted by atomic mass is 10.3. The van der Waals surface area contributed by atoms with Crippen LogP contribution >= 0.6 is 12.4 Å². The number of benzene rings is 1. The van der Waals surface area contributed by atoms with E-state index >= 15 is 0 Å². The van der Waals surface area contributed by atoms with Crippen LogP contribution < -0.4 is 14.8 Å². The van der Waals surface area contributed by atoms with Crippen molar-refractivity contribution in [3.8, 4) is 11.5 Å². The van der Waals surface area contributed by atoms with Crippen LogP contribution in [0.2, 0.25) is 0 Å². The molecule has 0 spiro atoms. The Hall–Kier alpha value is -0.930. The van der Waals surface area contributed by atoms with Gasteiger partial charge in [-0.2, -0.15) is 0 Å². The summed E-state index contributed by atoms with van der Waals surface area (Å²) >= 11 is 0. The van der Waals surface area contributed by atoms with Gasteiger partial charge in [0.05, 0.1) is 13.7 Å². The number of rotatable bonds is 7. The molecule has 0 aliphatic heterocycles. The molecule has 0 aliphatic rings. The number of hydrogen-bond acceptors (Lipinski definition) is 3. The Morgan fingerprint density at radius 3 is 2.25 bits per heavy atom. The van der Waals surface area contributed by atoms with Crippen LogP contribution in [0.15, 0.2) is 24.3 Å². The summed E-state index contributed by atoms with van der Waals surface area (Å²) in [4.78, 5) is 0. The zero-order valence-electron chi connectivity index (χ0n) is 9.86. The molecule has 1 rings (SSSR count). The van der Waals surface area contributed by atoms with Crippen molar-refractivity contribution in [2.45, 2.75) is 12.8 Å². The zero-order valence-corrected chi connectivity index (χ0v) is 10.7. The first-order valence-electron chi connectivity index (χ1n) is 5.28. The third-order valence-electron chi connectivity index (χ3n) is 2.15. The quantitative estimate of drug-likeness (QED) is 0.749. The number of hydrogen-bond donors (Lipinski definition) is 1. The van der Waals surface area contributed by atoms with E-state index in [4.69, 9.17) is 9.47 Å². The topological polar surface area (TPSA) is 30.5 Å². The van der Waals surface area contributed by atoms with E-state index in [1.54, 1.807) is 7.11 Å². The van der Waals surface area contributed by atoms with E-state index in [1.807, 2.05) is 31.3 Å². The van der Waals surface area contributed by atoms with Crippen molar-refractivity contribution in [1.82, 2.24) is 5.32 Å². The number of unbranched alkanes of at least 4 members (excludes halogenated alkanes) is 1. The van der Waals surface area contributed by atoms with Crippen LogP contribution in [-0.2, 0) is 0 Å². The summed E-state index contributed by atoms with van der Waals surface area (Å²) in [6.07, 6.45) is 2.22. The van der Waals surface area contributed by atoms with Crippen molar-refractivity contribution in [1.29, 1.82) is 0 Å². The Morgan fingerprint density at radius 2 is 1.69 bits per heavy atom. The minimum atomic E-state index is 0. The highest BCUT2D eigenvalue weighted by Gasteiger charge is 1.94. The smallest absolute Gasteiger partial charge is 0.119 e. The van der Waals surface area contributed by atoms with Crippen molar-refractivity contribution in [3.63, 3.8) is 0 Å². The van der Waals surface area contributed by atoms with Crippen LogP contribution in [-0.4, -0.2) is 27.3 Å². The first-order valence-corrected chi connectivity index (χ1v) is 5.28. The van der Waals surface area contributed by atoms with E-state index in [1.165, 1.54) is 0 Å². The fraction of sp³-hybridized carbons (Fsp3) is 0.500. The normalized spacial score (nSPS) is 9.38. The Kier molecular flexibility index (Phi) is 8.77. The molecule has 0 saturated carbocycles. The van der Waals surface area contributed by atoms with Crippen molar-refractivity contribution >= 4 is 12.4 Å². The average molecular weight is 246 g/mol. The van der Waals surface area contributed by atoms with Crippen LogP contribution in [0.3, 0.4) is 0 Å². The first kappa shape index (κ1) is 15.1. The molecule has 0 amide bonds. The molecule has 0 bridgehead atoms. The third kappa shape index (κ3) is 5.83. The summed E-state index contributed by atoms with van der Waals surface area (Å²) < 4.78 is 10.6. The molecule has 92 valence electrons. The van der Waals surface area contributed by atoms with Gasteiger partial charge in [-0.3, -0.25) is 0 Å². The summed E-state index contributed by atoms with van der Waals surface area (Å²) in [6, 6.07) is 7.67. The molecule has 1 aromatic rings. The maximum absolute atomic E-state index is 5.57. The molecular weight excluding hydrogens is 226 g/mol. The van der Waals surface area contributed by atoms with Crippen molar-refractivity contribution in [2.24, 2.45) is 0 Å². The van der Waals surface area contributed by atoms with Crippen LogP contribution in [0.25, 0.3) is 0 Å². The van der Waals surface area contributed by atoms with Crippen molar-refractivity contribution < 1.29 is 9.47 Å². The van der Waals surface area contributed by atoms with Gasteiger partial charge in [-0.1, -0.05) is 0 Å². The van der Waals surface area contributed by atoms with Gasteiger partial charge in [0, 0.05) is 0 Å². The number of ether oxygens (including phenoxy) is 2. The Balaban J connectivity index is 0.00000225. The molecule has 0 radical (unpaired) electrons. The maximum Gasteiger partial charge on any atom is 0.119 e. The number of methoxy groups -OCH3 is 1. The van der Waals surface area contributed by atoms with E-state index in [0.717, 1.165) is 37.5 Å². The van der Waals surface area contributed by atoms with Crippen LogP contribution in [0.4, 0.5) is 0 Å². The largest absolute Gasteiger partial charge is 0.497 e. The van der Waals surface area contributed by atoms with E-state index in [-0.39, 0.29) is 12.4 Å². The fourth-order valence-corrected chi connectivity index (χ4v) is 1.27. The van der Waals surface area contributed by atoms with Crippen LogP contribution in [0, 0.1) is 0 Å². The molecule has 3 nitrogen and oxygen atoms in total. The van der Waals surface area contributed by atoms with Gasteiger partial charge in [0.2, 0.25) is 0 Å². The number of halogens is 1. The summed E-state index contributed by atoms with van der Waals surface area (Å²) in [5.74, 6) is 1.76. The highest BCUT2D eigenvalue weighted by molar-refractivity contribution is 5.85. The third-order valence-corrected chi connectivity index (χ3v) is 2.15. The second-order valence-electron chi connectivity index (χ2n) is 3.33.